The van der Waals surface area contributed by atoms with Crippen LogP contribution in [0.2, 0.25) is 58.9 Å². The summed E-state index contributed by atoms with van der Waals surface area (Å²) < 4.78 is 32.2. The zero-order valence-corrected chi connectivity index (χ0v) is 25.9. The van der Waals surface area contributed by atoms with Gasteiger partial charge in [0.2, 0.25) is 0 Å². The van der Waals surface area contributed by atoms with Gasteiger partial charge in [-0.3, -0.25) is 0 Å². The third-order valence-electron chi connectivity index (χ3n) is 6.05. The van der Waals surface area contributed by atoms with Gasteiger partial charge in [-0.05, 0) is 72.3 Å². The molecule has 0 aliphatic carbocycles. The molecule has 0 amide bonds. The van der Waals surface area contributed by atoms with Crippen molar-refractivity contribution in [1.82, 2.24) is 0 Å². The molecule has 9 heteroatoms. The highest BCUT2D eigenvalue weighted by atomic mass is 28.4. The Morgan fingerprint density at radius 1 is 0.909 bits per heavy atom. The van der Waals surface area contributed by atoms with E-state index in [1.54, 1.807) is 0 Å². The Kier molecular flexibility index (Phi) is 9.69. The van der Waals surface area contributed by atoms with E-state index in [0.29, 0.717) is 18.9 Å². The molecule has 2 aliphatic rings. The average molecular weight is 519 g/mol. The van der Waals surface area contributed by atoms with Gasteiger partial charge in [-0.25, -0.2) is 0 Å². The maximum atomic E-state index is 9.91. The van der Waals surface area contributed by atoms with E-state index in [-0.39, 0.29) is 48.3 Å². The molecule has 0 radical (unpaired) electrons. The lowest BCUT2D eigenvalue weighted by Crippen LogP contribution is -2.58. The van der Waals surface area contributed by atoms with Crippen LogP contribution < -0.4 is 0 Å². The molecule has 2 saturated heterocycles. The second kappa shape index (κ2) is 10.9. The summed E-state index contributed by atoms with van der Waals surface area (Å²) in [6.07, 6.45) is 1.34. The average Bonchev–Trinajstić information content (AvgIpc) is 3.34. The van der Waals surface area contributed by atoms with E-state index in [0.717, 1.165) is 6.42 Å². The fraction of sp³-hybridized carbons (Fsp3) is 0.917. The summed E-state index contributed by atoms with van der Waals surface area (Å²) in [5.41, 5.74) is 0. The predicted octanol–water partition coefficient (Wildman–Crippen LogP) is 5.94. The number of hydrogen-bond acceptors (Lipinski definition) is 6. The standard InChI is InChI=1S/C24H50O6Si3/c1-16(25)13-20-24(30-33(10,11)12)23(29-32(7,8)9)19(15-26-20)14-21-22(27-21)17(2)18(3)28-31(4,5)6/h17-25H,1,13-15H2,2-12H3/t17-,18-,19-,20-,21-,22-,23+,24-/m0/s1. The SMILES string of the molecule is C=C(O)C[C@@H]1OC[C@H](C[C@@H]2O[C@H]2[C@@H](C)[C@H](C)O[Si](C)(C)C)[C@@H](O[Si](C)(C)C)[C@H]1O[Si](C)(C)C. The molecule has 2 rings (SSSR count). The van der Waals surface area contributed by atoms with Crippen LogP contribution in [0.15, 0.2) is 12.3 Å². The molecule has 8 atom stereocenters. The second-order valence-corrected chi connectivity index (χ2v) is 26.3. The first-order valence-corrected chi connectivity index (χ1v) is 22.8. The van der Waals surface area contributed by atoms with Crippen molar-refractivity contribution in [3.05, 3.63) is 12.3 Å². The largest absolute Gasteiger partial charge is 0.513 e. The zero-order valence-electron chi connectivity index (χ0n) is 22.9. The Labute approximate surface area is 205 Å². The number of ether oxygens (including phenoxy) is 2. The van der Waals surface area contributed by atoms with Crippen molar-refractivity contribution >= 4 is 25.0 Å². The van der Waals surface area contributed by atoms with Crippen LogP contribution in [0.25, 0.3) is 0 Å². The van der Waals surface area contributed by atoms with E-state index >= 15 is 0 Å². The van der Waals surface area contributed by atoms with Gasteiger partial charge in [0, 0.05) is 24.4 Å². The monoisotopic (exact) mass is 518 g/mol. The highest BCUT2D eigenvalue weighted by Crippen LogP contribution is 2.41. The molecular formula is C24H50O6Si3. The molecule has 33 heavy (non-hydrogen) atoms. The highest BCUT2D eigenvalue weighted by Gasteiger charge is 2.51. The van der Waals surface area contributed by atoms with Crippen molar-refractivity contribution in [1.29, 1.82) is 0 Å². The first kappa shape index (κ1) is 29.2. The van der Waals surface area contributed by atoms with E-state index in [1.807, 2.05) is 0 Å². The molecule has 0 spiro atoms. The molecule has 2 aliphatic heterocycles. The maximum absolute atomic E-state index is 9.91. The van der Waals surface area contributed by atoms with Gasteiger partial charge in [-0.2, -0.15) is 0 Å². The first-order chi connectivity index (χ1) is 14.9. The molecule has 194 valence electrons. The maximum Gasteiger partial charge on any atom is 0.184 e. The van der Waals surface area contributed by atoms with Crippen LogP contribution in [0, 0.1) is 11.8 Å². The highest BCUT2D eigenvalue weighted by molar-refractivity contribution is 6.70. The van der Waals surface area contributed by atoms with Crippen LogP contribution >= 0.6 is 0 Å². The topological polar surface area (TPSA) is 69.7 Å². The Hall–Kier alpha value is -0.00935. The third-order valence-corrected chi connectivity index (χ3v) is 9.09. The molecule has 0 aromatic rings. The lowest BCUT2D eigenvalue weighted by atomic mass is 9.86. The van der Waals surface area contributed by atoms with Crippen LogP contribution in [0.5, 0.6) is 0 Å². The van der Waals surface area contributed by atoms with Crippen LogP contribution in [0.1, 0.15) is 26.7 Å². The molecular weight excluding hydrogens is 469 g/mol. The summed E-state index contributed by atoms with van der Waals surface area (Å²) in [5, 5.41) is 9.91. The summed E-state index contributed by atoms with van der Waals surface area (Å²) in [6.45, 7) is 28.6. The van der Waals surface area contributed by atoms with E-state index in [4.69, 9.17) is 22.8 Å². The predicted molar refractivity (Wildman–Crippen MR) is 142 cm³/mol. The molecule has 0 saturated carbocycles. The normalized spacial score (nSPS) is 32.9. The Bertz CT molecular complexity index is 654. The van der Waals surface area contributed by atoms with Gasteiger partial charge in [0.1, 0.15) is 0 Å². The molecule has 0 aromatic heterocycles. The van der Waals surface area contributed by atoms with Gasteiger partial charge in [0.25, 0.3) is 0 Å². The summed E-state index contributed by atoms with van der Waals surface area (Å²) >= 11 is 0. The number of hydrogen-bond donors (Lipinski definition) is 1. The van der Waals surface area contributed by atoms with Gasteiger partial charge >= 0.3 is 0 Å². The Morgan fingerprint density at radius 2 is 1.45 bits per heavy atom. The number of aliphatic hydroxyl groups excluding tert-OH is 1. The lowest BCUT2D eigenvalue weighted by molar-refractivity contribution is -0.154. The fourth-order valence-corrected chi connectivity index (χ4v) is 8.26. The molecule has 2 fully saturated rings. The van der Waals surface area contributed by atoms with Gasteiger partial charge in [0.15, 0.2) is 25.0 Å². The number of epoxide rings is 1. The molecule has 2 heterocycles. The fourth-order valence-electron chi connectivity index (χ4n) is 4.69. The number of rotatable bonds is 12. The Morgan fingerprint density at radius 3 is 1.94 bits per heavy atom. The second-order valence-electron chi connectivity index (χ2n) is 13.0. The molecule has 6 nitrogen and oxygen atoms in total. The quantitative estimate of drug-likeness (QED) is 0.196. The van der Waals surface area contributed by atoms with Crippen molar-refractivity contribution in [2.45, 2.75) is 122 Å². The lowest BCUT2D eigenvalue weighted by Gasteiger charge is -2.47. The summed E-state index contributed by atoms with van der Waals surface area (Å²) in [6, 6.07) is 0. The van der Waals surface area contributed by atoms with Gasteiger partial charge in [0.05, 0.1) is 42.9 Å². The minimum Gasteiger partial charge on any atom is -0.513 e. The van der Waals surface area contributed by atoms with E-state index in [9.17, 15) is 5.11 Å². The van der Waals surface area contributed by atoms with Crippen molar-refractivity contribution in [3.8, 4) is 0 Å². The van der Waals surface area contributed by atoms with Crippen molar-refractivity contribution in [2.24, 2.45) is 11.8 Å². The van der Waals surface area contributed by atoms with E-state index in [1.165, 1.54) is 0 Å². The van der Waals surface area contributed by atoms with Gasteiger partial charge < -0.3 is 27.9 Å². The van der Waals surface area contributed by atoms with Crippen LogP contribution in [-0.4, -0.2) is 73.3 Å². The van der Waals surface area contributed by atoms with Crippen molar-refractivity contribution < 1.29 is 27.9 Å². The van der Waals surface area contributed by atoms with Crippen LogP contribution in [0.4, 0.5) is 0 Å². The Balaban J connectivity index is 2.15. The van der Waals surface area contributed by atoms with Crippen LogP contribution in [0.3, 0.4) is 0 Å². The summed E-state index contributed by atoms with van der Waals surface area (Å²) in [7, 11) is -5.31. The summed E-state index contributed by atoms with van der Waals surface area (Å²) in [5.74, 6) is 0.670. The summed E-state index contributed by atoms with van der Waals surface area (Å²) in [4.78, 5) is 0. The van der Waals surface area contributed by atoms with Gasteiger partial charge in [-0.1, -0.05) is 13.5 Å². The zero-order chi connectivity index (χ0) is 25.4. The first-order valence-electron chi connectivity index (χ1n) is 12.5. The van der Waals surface area contributed by atoms with E-state index < -0.39 is 25.0 Å². The molecule has 0 bridgehead atoms. The number of aliphatic hydroxyl groups is 1. The van der Waals surface area contributed by atoms with Crippen molar-refractivity contribution in [2.75, 3.05) is 6.61 Å². The van der Waals surface area contributed by atoms with Crippen LogP contribution in [-0.2, 0) is 22.8 Å². The van der Waals surface area contributed by atoms with Gasteiger partial charge in [-0.15, -0.1) is 0 Å². The minimum atomic E-state index is -1.88. The molecule has 0 aromatic carbocycles. The molecule has 0 unspecified atom stereocenters. The minimum absolute atomic E-state index is 0.0719. The molecule has 1 N–H and O–H groups in total. The van der Waals surface area contributed by atoms with Crippen molar-refractivity contribution in [3.63, 3.8) is 0 Å². The van der Waals surface area contributed by atoms with E-state index in [2.05, 4.69) is 79.3 Å². The third kappa shape index (κ3) is 9.87. The smallest absolute Gasteiger partial charge is 0.184 e.